The minimum Gasteiger partial charge on any atom is -0.299 e. The van der Waals surface area contributed by atoms with Crippen LogP contribution in [0.25, 0.3) is 0 Å². The monoisotopic (exact) mass is 424 g/mol. The first kappa shape index (κ1) is 21.7. The highest BCUT2D eigenvalue weighted by molar-refractivity contribution is 5.82. The molecule has 4 aliphatic carbocycles. The molecule has 1 nitrogen and oxygen atoms in total. The van der Waals surface area contributed by atoms with Gasteiger partial charge < -0.3 is 0 Å². The van der Waals surface area contributed by atoms with E-state index < -0.39 is 0 Å². The van der Waals surface area contributed by atoms with E-state index in [0.29, 0.717) is 17.6 Å². The lowest BCUT2D eigenvalue weighted by molar-refractivity contribution is -0.136. The van der Waals surface area contributed by atoms with Crippen LogP contribution in [-0.4, -0.2) is 5.78 Å². The molecule has 8 atom stereocenters. The maximum Gasteiger partial charge on any atom is 0.136 e. The van der Waals surface area contributed by atoms with Crippen LogP contribution in [-0.2, 0) is 11.2 Å². The van der Waals surface area contributed by atoms with Crippen molar-refractivity contribution >= 4 is 5.78 Å². The standard InChI is InChI=1S/C29H41FO/c1-19-14-16-28(2)21(18-19)7-10-23-24-11-12-26(29(24,3)17-15-25(23)28)27(31)13-6-20-4-8-22(30)9-5-20/h4-5,8-9,19,21,23-26H,6-7,10-18H2,1-3H3/t19-,21-,23-,24-,25-,26+,28-,29-/m0/s1. The first-order chi connectivity index (χ1) is 14.8. The molecule has 4 saturated carbocycles. The highest BCUT2D eigenvalue weighted by atomic mass is 19.1. The first-order valence-corrected chi connectivity index (χ1v) is 13.1. The lowest BCUT2D eigenvalue weighted by Crippen LogP contribution is -2.53. The Labute approximate surface area is 188 Å². The van der Waals surface area contributed by atoms with E-state index in [2.05, 4.69) is 20.8 Å². The van der Waals surface area contributed by atoms with Crippen molar-refractivity contribution < 1.29 is 9.18 Å². The fraction of sp³-hybridized carbons (Fsp3) is 0.759. The van der Waals surface area contributed by atoms with Gasteiger partial charge in [0.25, 0.3) is 0 Å². The fourth-order valence-corrected chi connectivity index (χ4v) is 9.09. The molecule has 0 heterocycles. The van der Waals surface area contributed by atoms with Gasteiger partial charge in [-0.1, -0.05) is 39.3 Å². The Hall–Kier alpha value is -1.18. The zero-order valence-electron chi connectivity index (χ0n) is 19.8. The van der Waals surface area contributed by atoms with Gasteiger partial charge in [0, 0.05) is 12.3 Å². The van der Waals surface area contributed by atoms with E-state index in [1.165, 1.54) is 63.5 Å². The molecule has 0 radical (unpaired) electrons. The third kappa shape index (κ3) is 3.61. The summed E-state index contributed by atoms with van der Waals surface area (Å²) in [6, 6.07) is 6.68. The van der Waals surface area contributed by atoms with Crippen LogP contribution in [0.15, 0.2) is 24.3 Å². The molecule has 170 valence electrons. The van der Waals surface area contributed by atoms with Crippen LogP contribution in [0.2, 0.25) is 0 Å². The zero-order chi connectivity index (χ0) is 21.8. The summed E-state index contributed by atoms with van der Waals surface area (Å²) in [4.78, 5) is 13.4. The SMILES string of the molecule is C[C@H]1CC[C@@]2(C)[C@@H](CC[C@@H]3[C@@H]2CC[C@]2(C)[C@@H](C(=O)CCc4ccc(F)cc4)CC[C@@H]32)C1. The van der Waals surface area contributed by atoms with Crippen molar-refractivity contribution in [3.8, 4) is 0 Å². The maximum atomic E-state index is 13.4. The average molecular weight is 425 g/mol. The molecule has 4 aliphatic rings. The Morgan fingerprint density at radius 3 is 2.42 bits per heavy atom. The number of carbonyl (C=O) groups is 1. The van der Waals surface area contributed by atoms with Crippen molar-refractivity contribution in [2.45, 2.75) is 91.4 Å². The number of hydrogen-bond donors (Lipinski definition) is 0. The number of ketones is 1. The predicted octanol–water partition coefficient (Wildman–Crippen LogP) is 7.62. The molecule has 0 spiro atoms. The minimum atomic E-state index is -0.200. The summed E-state index contributed by atoms with van der Waals surface area (Å²) < 4.78 is 13.2. The molecule has 0 saturated heterocycles. The van der Waals surface area contributed by atoms with Gasteiger partial charge in [-0.15, -0.1) is 0 Å². The van der Waals surface area contributed by atoms with Crippen LogP contribution >= 0.6 is 0 Å². The summed E-state index contributed by atoms with van der Waals surface area (Å²) >= 11 is 0. The van der Waals surface area contributed by atoms with Gasteiger partial charge in [0.1, 0.15) is 11.6 Å². The topological polar surface area (TPSA) is 17.1 Å². The van der Waals surface area contributed by atoms with Gasteiger partial charge in [-0.05, 0) is 116 Å². The molecule has 1 aromatic rings. The third-order valence-corrected chi connectivity index (χ3v) is 10.9. The number of rotatable bonds is 4. The van der Waals surface area contributed by atoms with E-state index in [9.17, 15) is 9.18 Å². The zero-order valence-corrected chi connectivity index (χ0v) is 19.8. The lowest BCUT2D eigenvalue weighted by Gasteiger charge is -2.61. The first-order valence-electron chi connectivity index (χ1n) is 13.1. The van der Waals surface area contributed by atoms with Crippen LogP contribution in [0.4, 0.5) is 4.39 Å². The molecule has 0 bridgehead atoms. The van der Waals surface area contributed by atoms with Crippen molar-refractivity contribution in [1.82, 2.24) is 0 Å². The van der Waals surface area contributed by atoms with Crippen molar-refractivity contribution in [3.05, 3.63) is 35.6 Å². The normalized spacial score (nSPS) is 44.3. The minimum absolute atomic E-state index is 0.200. The number of Topliss-reactive ketones (excluding diaryl/α,β-unsaturated/α-hetero) is 1. The van der Waals surface area contributed by atoms with Gasteiger partial charge in [-0.25, -0.2) is 4.39 Å². The predicted molar refractivity (Wildman–Crippen MR) is 124 cm³/mol. The smallest absolute Gasteiger partial charge is 0.136 e. The molecule has 5 rings (SSSR count). The summed E-state index contributed by atoms with van der Waals surface area (Å²) in [6.45, 7) is 7.57. The quantitative estimate of drug-likeness (QED) is 0.486. The second kappa shape index (κ2) is 7.99. The number of carbonyl (C=O) groups excluding carboxylic acids is 1. The molecule has 4 fully saturated rings. The molecule has 0 unspecified atom stereocenters. The Morgan fingerprint density at radius 2 is 1.65 bits per heavy atom. The van der Waals surface area contributed by atoms with E-state index >= 15 is 0 Å². The maximum absolute atomic E-state index is 13.4. The summed E-state index contributed by atoms with van der Waals surface area (Å²) in [6.07, 6.45) is 13.5. The third-order valence-electron chi connectivity index (χ3n) is 10.9. The van der Waals surface area contributed by atoms with Crippen LogP contribution in [0.3, 0.4) is 0 Å². The van der Waals surface area contributed by atoms with Crippen molar-refractivity contribution in [2.75, 3.05) is 0 Å². The Bertz CT molecular complexity index is 815. The largest absolute Gasteiger partial charge is 0.299 e. The van der Waals surface area contributed by atoms with Gasteiger partial charge >= 0.3 is 0 Å². The van der Waals surface area contributed by atoms with Gasteiger partial charge in [-0.3, -0.25) is 4.79 Å². The Kier molecular flexibility index (Phi) is 5.58. The number of halogens is 1. The second-order valence-corrected chi connectivity index (χ2v) is 12.3. The highest BCUT2D eigenvalue weighted by Gasteiger charge is 2.60. The van der Waals surface area contributed by atoms with Gasteiger partial charge in [0.2, 0.25) is 0 Å². The van der Waals surface area contributed by atoms with Gasteiger partial charge in [0.15, 0.2) is 0 Å². The Morgan fingerprint density at radius 1 is 0.935 bits per heavy atom. The molecular weight excluding hydrogens is 383 g/mol. The molecule has 0 amide bonds. The van der Waals surface area contributed by atoms with E-state index in [1.807, 2.05) is 12.1 Å². The highest BCUT2D eigenvalue weighted by Crippen LogP contribution is 2.67. The van der Waals surface area contributed by atoms with Crippen LogP contribution in [0.5, 0.6) is 0 Å². The molecular formula is C29H41FO. The summed E-state index contributed by atoms with van der Waals surface area (Å²) in [5.41, 5.74) is 1.85. The van der Waals surface area contributed by atoms with E-state index in [1.54, 1.807) is 0 Å². The fourth-order valence-electron chi connectivity index (χ4n) is 9.09. The molecule has 0 N–H and O–H groups in total. The van der Waals surface area contributed by atoms with Crippen LogP contribution in [0, 0.1) is 52.2 Å². The van der Waals surface area contributed by atoms with Crippen molar-refractivity contribution in [2.24, 2.45) is 46.3 Å². The van der Waals surface area contributed by atoms with Crippen LogP contribution < -0.4 is 0 Å². The molecule has 1 aromatic carbocycles. The number of fused-ring (bicyclic) bond motifs is 5. The van der Waals surface area contributed by atoms with E-state index in [-0.39, 0.29) is 17.2 Å². The lowest BCUT2D eigenvalue weighted by atomic mass is 9.44. The molecule has 31 heavy (non-hydrogen) atoms. The van der Waals surface area contributed by atoms with E-state index in [4.69, 9.17) is 0 Å². The molecule has 0 aliphatic heterocycles. The summed E-state index contributed by atoms with van der Waals surface area (Å²) in [7, 11) is 0. The van der Waals surface area contributed by atoms with Crippen molar-refractivity contribution in [1.29, 1.82) is 0 Å². The Balaban J connectivity index is 1.28. The summed E-state index contributed by atoms with van der Waals surface area (Å²) in [5.74, 6) is 4.87. The number of aryl methyl sites for hydroxylation is 1. The van der Waals surface area contributed by atoms with E-state index in [0.717, 1.165) is 48.0 Å². The molecule has 2 heteroatoms. The van der Waals surface area contributed by atoms with Crippen LogP contribution in [0.1, 0.15) is 90.5 Å². The second-order valence-electron chi connectivity index (χ2n) is 12.3. The molecule has 0 aromatic heterocycles. The van der Waals surface area contributed by atoms with Gasteiger partial charge in [-0.2, -0.15) is 0 Å². The number of hydrogen-bond acceptors (Lipinski definition) is 1. The van der Waals surface area contributed by atoms with Gasteiger partial charge in [0.05, 0.1) is 0 Å². The average Bonchev–Trinajstić information content (AvgIpc) is 3.11. The van der Waals surface area contributed by atoms with Crippen molar-refractivity contribution in [3.63, 3.8) is 0 Å². The summed E-state index contributed by atoms with van der Waals surface area (Å²) in [5, 5.41) is 0. The number of benzene rings is 1.